The SMILES string of the molecule is [2H]C([2H])([2H])C([2H])([2H])C([2H])([2H])C([2H])([2H])N1CC(=O)N2C(Cc3c([nH]c4ccccc34)[C@H]2c2ccc3c(c2)OCO3)C1=O. The van der Waals surface area contributed by atoms with Crippen LogP contribution in [0, 0.1) is 0 Å². The number of nitrogens with one attached hydrogen (secondary N) is 1. The van der Waals surface area contributed by atoms with Gasteiger partial charge >= 0.3 is 0 Å². The summed E-state index contributed by atoms with van der Waals surface area (Å²) in [5.41, 5.74) is 2.73. The Balaban J connectivity index is 1.47. The second kappa shape index (κ2) is 7.29. The minimum absolute atomic E-state index is 0.0211. The van der Waals surface area contributed by atoms with Crippen molar-refractivity contribution in [3.8, 4) is 11.5 Å². The van der Waals surface area contributed by atoms with Crippen LogP contribution < -0.4 is 9.47 Å². The van der Waals surface area contributed by atoms with Crippen molar-refractivity contribution in [1.82, 2.24) is 14.8 Å². The molecule has 1 aromatic heterocycles. The number of carbonyl (C=O) groups is 2. The maximum atomic E-state index is 14.0. The van der Waals surface area contributed by atoms with E-state index >= 15 is 0 Å². The van der Waals surface area contributed by atoms with Gasteiger partial charge in [-0.2, -0.15) is 0 Å². The lowest BCUT2D eigenvalue weighted by Crippen LogP contribution is -2.63. The molecular weight excluding hydrogens is 406 g/mol. The van der Waals surface area contributed by atoms with Crippen LogP contribution in [-0.2, 0) is 16.0 Å². The number of nitrogens with zero attached hydrogens (tertiary/aromatic N) is 2. The van der Waals surface area contributed by atoms with Crippen LogP contribution in [0.25, 0.3) is 10.9 Å². The summed E-state index contributed by atoms with van der Waals surface area (Å²) in [6.07, 6.45) is -7.41. The number of aromatic amines is 1. The summed E-state index contributed by atoms with van der Waals surface area (Å²) in [6, 6.07) is 10.4. The zero-order chi connectivity index (χ0) is 29.7. The number of amides is 2. The lowest BCUT2D eigenvalue weighted by Gasteiger charge is -2.47. The minimum Gasteiger partial charge on any atom is -0.454 e. The summed E-state index contributed by atoms with van der Waals surface area (Å²) in [5, 5.41) is 0.794. The van der Waals surface area contributed by atoms with Crippen LogP contribution >= 0.6 is 0 Å². The number of H-pyrrole nitrogens is 1. The van der Waals surface area contributed by atoms with E-state index in [2.05, 4.69) is 4.98 Å². The molecule has 0 saturated carbocycles. The summed E-state index contributed by atoms with van der Waals surface area (Å²) in [5.74, 6) is -0.697. The number of carbonyl (C=O) groups excluding carboxylic acids is 2. The number of piperazine rings is 1. The Kier molecular flexibility index (Phi) is 2.72. The first-order chi connectivity index (χ1) is 19.1. The van der Waals surface area contributed by atoms with Crippen molar-refractivity contribution in [2.45, 2.75) is 38.1 Å². The lowest BCUT2D eigenvalue weighted by atomic mass is 9.86. The molecule has 3 aliphatic heterocycles. The molecule has 1 unspecified atom stereocenters. The third-order valence-corrected chi connectivity index (χ3v) is 6.23. The van der Waals surface area contributed by atoms with Crippen molar-refractivity contribution in [3.63, 3.8) is 0 Å². The van der Waals surface area contributed by atoms with E-state index in [1.165, 1.54) is 4.90 Å². The van der Waals surface area contributed by atoms with Crippen molar-refractivity contribution in [2.24, 2.45) is 0 Å². The predicted molar refractivity (Wildman–Crippen MR) is 119 cm³/mol. The molecule has 0 aliphatic carbocycles. The third-order valence-electron chi connectivity index (χ3n) is 6.23. The number of rotatable bonds is 4. The molecule has 0 radical (unpaired) electrons. The van der Waals surface area contributed by atoms with Crippen LogP contribution in [0.3, 0.4) is 0 Å². The zero-order valence-electron chi connectivity index (χ0n) is 25.8. The number of hydrogen-bond donors (Lipinski definition) is 1. The van der Waals surface area contributed by atoms with E-state index in [9.17, 15) is 9.59 Å². The predicted octanol–water partition coefficient (Wildman–Crippen LogP) is 3.38. The van der Waals surface area contributed by atoms with E-state index in [0.717, 1.165) is 10.9 Å². The number of ether oxygens (including phenoxy) is 2. The summed E-state index contributed by atoms with van der Waals surface area (Å²) in [6.45, 7) is -7.93. The van der Waals surface area contributed by atoms with Gasteiger partial charge in [0.25, 0.3) is 0 Å². The van der Waals surface area contributed by atoms with Crippen molar-refractivity contribution in [1.29, 1.82) is 0 Å². The highest BCUT2D eigenvalue weighted by Gasteiger charge is 2.48. The lowest BCUT2D eigenvalue weighted by molar-refractivity contribution is -0.158. The molecule has 0 spiro atoms. The van der Waals surface area contributed by atoms with Gasteiger partial charge in [0.05, 0.1) is 12.6 Å². The molecular formula is C25H25N3O4. The van der Waals surface area contributed by atoms with Gasteiger partial charge in [0.1, 0.15) is 6.04 Å². The molecule has 0 bridgehead atoms. The van der Waals surface area contributed by atoms with E-state index in [-0.39, 0.29) is 13.2 Å². The van der Waals surface area contributed by atoms with E-state index in [4.69, 9.17) is 21.8 Å². The Morgan fingerprint density at radius 3 is 2.97 bits per heavy atom. The van der Waals surface area contributed by atoms with Crippen LogP contribution in [0.5, 0.6) is 11.5 Å². The molecule has 1 N–H and O–H groups in total. The van der Waals surface area contributed by atoms with Gasteiger partial charge in [-0.1, -0.05) is 37.5 Å². The Hall–Kier alpha value is -3.48. The average Bonchev–Trinajstić information content (AvgIpc) is 3.52. The molecule has 164 valence electrons. The number of benzene rings is 2. The van der Waals surface area contributed by atoms with Crippen LogP contribution in [0.1, 0.15) is 54.8 Å². The van der Waals surface area contributed by atoms with Gasteiger partial charge < -0.3 is 24.3 Å². The molecule has 6 rings (SSSR count). The molecule has 7 nitrogen and oxygen atoms in total. The van der Waals surface area contributed by atoms with Crippen molar-refractivity contribution in [3.05, 3.63) is 59.3 Å². The van der Waals surface area contributed by atoms with Crippen molar-refractivity contribution >= 4 is 22.7 Å². The van der Waals surface area contributed by atoms with Gasteiger partial charge in [0.15, 0.2) is 11.5 Å². The standard InChI is InChI=1S/C25H25N3O4/c1-2-3-10-27-13-22(29)28-19(25(27)30)12-17-16-6-4-5-7-18(16)26-23(17)24(28)15-8-9-20-21(11-15)32-14-31-20/h4-9,11,19,24,26H,2-3,10,12-14H2,1H3/t19?,24-/m1/s1/i1D3,2D2,3D2,10D2. The topological polar surface area (TPSA) is 74.9 Å². The number of fused-ring (bicyclic) bond motifs is 5. The summed E-state index contributed by atoms with van der Waals surface area (Å²) < 4.78 is 82.9. The maximum Gasteiger partial charge on any atom is 0.246 e. The highest BCUT2D eigenvalue weighted by molar-refractivity contribution is 5.97. The van der Waals surface area contributed by atoms with Crippen molar-refractivity contribution < 1.29 is 31.4 Å². The largest absolute Gasteiger partial charge is 0.454 e. The van der Waals surface area contributed by atoms with Gasteiger partial charge in [-0.25, -0.2) is 0 Å². The minimum atomic E-state index is -3.71. The van der Waals surface area contributed by atoms with Gasteiger partial charge in [0.2, 0.25) is 18.6 Å². The van der Waals surface area contributed by atoms with Gasteiger partial charge in [-0.3, -0.25) is 9.59 Å². The van der Waals surface area contributed by atoms with Gasteiger partial charge in [-0.05, 0) is 35.7 Å². The normalized spacial score (nSPS) is 27.7. The monoisotopic (exact) mass is 440 g/mol. The smallest absolute Gasteiger partial charge is 0.246 e. The number of hydrogen-bond acceptors (Lipinski definition) is 4. The molecule has 1 saturated heterocycles. The first kappa shape index (κ1) is 11.9. The van der Waals surface area contributed by atoms with E-state index in [1.54, 1.807) is 18.2 Å². The molecule has 2 atom stereocenters. The molecule has 2 amide bonds. The highest BCUT2D eigenvalue weighted by Crippen LogP contribution is 2.44. The number of aromatic nitrogens is 1. The van der Waals surface area contributed by atoms with Gasteiger partial charge in [-0.15, -0.1) is 0 Å². The summed E-state index contributed by atoms with van der Waals surface area (Å²) in [4.78, 5) is 32.9. The average molecular weight is 441 g/mol. The summed E-state index contributed by atoms with van der Waals surface area (Å²) >= 11 is 0. The molecule has 3 aromatic rings. The van der Waals surface area contributed by atoms with E-state index in [0.29, 0.717) is 33.2 Å². The van der Waals surface area contributed by atoms with Crippen molar-refractivity contribution in [2.75, 3.05) is 19.8 Å². The molecule has 2 aromatic carbocycles. The fourth-order valence-electron chi connectivity index (χ4n) is 4.88. The highest BCUT2D eigenvalue weighted by atomic mass is 16.7. The Morgan fingerprint density at radius 2 is 2.06 bits per heavy atom. The van der Waals surface area contributed by atoms with E-state index in [1.807, 2.05) is 24.3 Å². The molecule has 3 aliphatic rings. The van der Waals surface area contributed by atoms with E-state index < -0.39 is 56.5 Å². The fourth-order valence-corrected chi connectivity index (χ4v) is 4.88. The summed E-state index contributed by atoms with van der Waals surface area (Å²) in [7, 11) is 0. The van der Waals surface area contributed by atoms with Gasteiger partial charge in [0, 0.05) is 41.9 Å². The Labute approximate surface area is 198 Å². The third kappa shape index (κ3) is 2.80. The van der Waals surface area contributed by atoms with Crippen LogP contribution in [0.15, 0.2) is 42.5 Å². The second-order valence-corrected chi connectivity index (χ2v) is 7.89. The zero-order valence-corrected chi connectivity index (χ0v) is 16.8. The second-order valence-electron chi connectivity index (χ2n) is 7.89. The van der Waals surface area contributed by atoms with Crippen LogP contribution in [0.4, 0.5) is 0 Å². The molecule has 4 heterocycles. The number of para-hydroxylation sites is 1. The first-order valence-electron chi connectivity index (χ1n) is 14.7. The van der Waals surface area contributed by atoms with Crippen LogP contribution in [0.2, 0.25) is 0 Å². The Morgan fingerprint density at radius 1 is 1.19 bits per heavy atom. The maximum absolute atomic E-state index is 14.0. The van der Waals surface area contributed by atoms with Crippen LogP contribution in [-0.4, -0.2) is 52.5 Å². The fraction of sp³-hybridized carbons (Fsp3) is 0.360. The molecule has 32 heavy (non-hydrogen) atoms. The first-order valence-corrected chi connectivity index (χ1v) is 10.2. The molecule has 1 fully saturated rings. The quantitative estimate of drug-likeness (QED) is 0.675. The Bertz CT molecular complexity index is 1590. The molecule has 7 heteroatoms.